The van der Waals surface area contributed by atoms with Gasteiger partial charge in [0.2, 0.25) is 0 Å². The Morgan fingerprint density at radius 1 is 1.50 bits per heavy atom. The lowest BCUT2D eigenvalue weighted by molar-refractivity contribution is 0.0178. The molecule has 1 saturated heterocycles. The highest BCUT2D eigenvalue weighted by Gasteiger charge is 2.31. The predicted molar refractivity (Wildman–Crippen MR) is 58.8 cm³/mol. The molecule has 1 heterocycles. The largest absolute Gasteiger partial charge is 0.505 e. The maximum atomic E-state index is 11.8. The van der Waals surface area contributed by atoms with E-state index in [1.54, 1.807) is 13.2 Å². The highest BCUT2D eigenvalue weighted by Crippen LogP contribution is 2.16. The minimum absolute atomic E-state index is 0.116. The van der Waals surface area contributed by atoms with Crippen LogP contribution in [0.5, 0.6) is 0 Å². The SMILES string of the molecule is COC=C[C@@H]1COCN1C(=O)OC(C)(C)C. The average molecular weight is 229 g/mol. The molecule has 0 radical (unpaired) electrons. The number of ether oxygens (including phenoxy) is 3. The zero-order chi connectivity index (χ0) is 12.2. The van der Waals surface area contributed by atoms with Crippen LogP contribution < -0.4 is 0 Å². The molecule has 1 atom stereocenters. The normalized spacial score (nSPS) is 21.5. The number of carbonyl (C=O) groups excluding carboxylic acids is 1. The monoisotopic (exact) mass is 229 g/mol. The molecule has 0 saturated carbocycles. The van der Waals surface area contributed by atoms with Crippen LogP contribution in [0.3, 0.4) is 0 Å². The summed E-state index contributed by atoms with van der Waals surface area (Å²) in [6.07, 6.45) is 2.95. The first kappa shape index (κ1) is 12.8. The number of carbonyl (C=O) groups is 1. The molecule has 16 heavy (non-hydrogen) atoms. The van der Waals surface area contributed by atoms with Gasteiger partial charge >= 0.3 is 6.09 Å². The molecule has 0 aliphatic carbocycles. The van der Waals surface area contributed by atoms with Gasteiger partial charge in [0.15, 0.2) is 0 Å². The Balaban J connectivity index is 2.57. The summed E-state index contributed by atoms with van der Waals surface area (Å²) in [7, 11) is 1.56. The van der Waals surface area contributed by atoms with Gasteiger partial charge in [-0.2, -0.15) is 0 Å². The van der Waals surface area contributed by atoms with Gasteiger partial charge in [0.05, 0.1) is 26.0 Å². The van der Waals surface area contributed by atoms with Crippen molar-refractivity contribution in [3.8, 4) is 0 Å². The zero-order valence-corrected chi connectivity index (χ0v) is 10.2. The molecule has 0 aromatic heterocycles. The molecule has 1 aliphatic heterocycles. The molecule has 0 bridgehead atoms. The van der Waals surface area contributed by atoms with Crippen LogP contribution in [0.1, 0.15) is 20.8 Å². The summed E-state index contributed by atoms with van der Waals surface area (Å²) in [6.45, 7) is 6.23. The Kier molecular flexibility index (Phi) is 4.18. The molecule has 0 spiro atoms. The number of amides is 1. The number of methoxy groups -OCH3 is 1. The third kappa shape index (κ3) is 3.73. The van der Waals surface area contributed by atoms with Crippen molar-refractivity contribution >= 4 is 6.09 Å². The van der Waals surface area contributed by atoms with E-state index in [1.165, 1.54) is 11.2 Å². The molecule has 0 unspecified atom stereocenters. The molecule has 1 amide bonds. The van der Waals surface area contributed by atoms with Gasteiger partial charge in [-0.1, -0.05) is 0 Å². The van der Waals surface area contributed by atoms with E-state index in [0.717, 1.165) is 0 Å². The molecule has 5 nitrogen and oxygen atoms in total. The number of hydrogen-bond acceptors (Lipinski definition) is 4. The average Bonchev–Trinajstić information content (AvgIpc) is 2.59. The summed E-state index contributed by atoms with van der Waals surface area (Å²) in [5.41, 5.74) is -0.491. The van der Waals surface area contributed by atoms with E-state index >= 15 is 0 Å². The van der Waals surface area contributed by atoms with E-state index < -0.39 is 5.60 Å². The Labute approximate surface area is 96.0 Å². The van der Waals surface area contributed by atoms with Crippen LogP contribution in [0.25, 0.3) is 0 Å². The van der Waals surface area contributed by atoms with Crippen LogP contribution in [0, 0.1) is 0 Å². The smallest absolute Gasteiger partial charge is 0.412 e. The summed E-state index contributed by atoms with van der Waals surface area (Å²) in [5, 5.41) is 0. The van der Waals surface area contributed by atoms with E-state index in [1.807, 2.05) is 20.8 Å². The van der Waals surface area contributed by atoms with Gasteiger partial charge in [-0.3, -0.25) is 4.90 Å². The first-order chi connectivity index (χ1) is 7.44. The lowest BCUT2D eigenvalue weighted by atomic mass is 10.2. The highest BCUT2D eigenvalue weighted by molar-refractivity contribution is 5.69. The van der Waals surface area contributed by atoms with Crippen LogP contribution in [0.15, 0.2) is 12.3 Å². The molecule has 0 N–H and O–H groups in total. The first-order valence-electron chi connectivity index (χ1n) is 5.21. The second-order valence-corrected chi connectivity index (χ2v) is 4.58. The number of hydrogen-bond donors (Lipinski definition) is 0. The molecule has 0 aromatic carbocycles. The van der Waals surface area contributed by atoms with Gasteiger partial charge in [-0.25, -0.2) is 4.79 Å². The highest BCUT2D eigenvalue weighted by atomic mass is 16.6. The first-order valence-corrected chi connectivity index (χ1v) is 5.21. The summed E-state index contributed by atoms with van der Waals surface area (Å²) in [4.78, 5) is 13.3. The van der Waals surface area contributed by atoms with Gasteiger partial charge in [-0.05, 0) is 26.8 Å². The molecule has 1 rings (SSSR count). The predicted octanol–water partition coefficient (Wildman–Crippen LogP) is 1.74. The van der Waals surface area contributed by atoms with Gasteiger partial charge < -0.3 is 14.2 Å². The molecule has 92 valence electrons. The Morgan fingerprint density at radius 3 is 2.75 bits per heavy atom. The molecular formula is C11H19NO4. The van der Waals surface area contributed by atoms with Gasteiger partial charge in [0, 0.05) is 0 Å². The van der Waals surface area contributed by atoms with Crippen LogP contribution in [0.4, 0.5) is 4.79 Å². The minimum Gasteiger partial charge on any atom is -0.505 e. The van der Waals surface area contributed by atoms with Crippen molar-refractivity contribution in [3.05, 3.63) is 12.3 Å². The van der Waals surface area contributed by atoms with Crippen molar-refractivity contribution in [2.24, 2.45) is 0 Å². The maximum Gasteiger partial charge on any atom is 0.412 e. The van der Waals surface area contributed by atoms with E-state index in [2.05, 4.69) is 0 Å². The minimum atomic E-state index is -0.491. The standard InChI is InChI=1S/C11H19NO4/c1-11(2,3)16-10(13)12-8-15-7-9(12)5-6-14-4/h5-6,9H,7-8H2,1-4H3/t9-/m1/s1. The zero-order valence-electron chi connectivity index (χ0n) is 10.2. The van der Waals surface area contributed by atoms with Crippen molar-refractivity contribution in [2.45, 2.75) is 32.4 Å². The third-order valence-corrected chi connectivity index (χ3v) is 1.98. The van der Waals surface area contributed by atoms with Crippen molar-refractivity contribution in [2.75, 3.05) is 20.4 Å². The van der Waals surface area contributed by atoms with Crippen LogP contribution in [-0.4, -0.2) is 43.1 Å². The summed E-state index contributed by atoms with van der Waals surface area (Å²) >= 11 is 0. The fourth-order valence-electron chi connectivity index (χ4n) is 1.29. The van der Waals surface area contributed by atoms with Gasteiger partial charge in [-0.15, -0.1) is 0 Å². The fourth-order valence-corrected chi connectivity index (χ4v) is 1.29. The van der Waals surface area contributed by atoms with Crippen LogP contribution >= 0.6 is 0 Å². The van der Waals surface area contributed by atoms with E-state index in [-0.39, 0.29) is 18.9 Å². The summed E-state index contributed by atoms with van der Waals surface area (Å²) < 4.78 is 15.3. The molecule has 0 aromatic rings. The summed E-state index contributed by atoms with van der Waals surface area (Å²) in [5.74, 6) is 0. The molecule has 1 aliphatic rings. The fraction of sp³-hybridized carbons (Fsp3) is 0.727. The molecule has 5 heteroatoms. The summed E-state index contributed by atoms with van der Waals surface area (Å²) in [6, 6.07) is -0.116. The lowest BCUT2D eigenvalue weighted by Gasteiger charge is -2.25. The third-order valence-electron chi connectivity index (χ3n) is 1.98. The second kappa shape index (κ2) is 5.21. The van der Waals surface area contributed by atoms with Crippen molar-refractivity contribution in [1.29, 1.82) is 0 Å². The number of rotatable bonds is 2. The van der Waals surface area contributed by atoms with E-state index in [0.29, 0.717) is 6.61 Å². The van der Waals surface area contributed by atoms with Crippen LogP contribution in [0.2, 0.25) is 0 Å². The van der Waals surface area contributed by atoms with Gasteiger partial charge in [0.25, 0.3) is 0 Å². The van der Waals surface area contributed by atoms with E-state index in [9.17, 15) is 4.79 Å². The van der Waals surface area contributed by atoms with E-state index in [4.69, 9.17) is 14.2 Å². The second-order valence-electron chi connectivity index (χ2n) is 4.58. The van der Waals surface area contributed by atoms with Crippen LogP contribution in [-0.2, 0) is 14.2 Å². The Hall–Kier alpha value is -1.23. The van der Waals surface area contributed by atoms with Gasteiger partial charge in [0.1, 0.15) is 12.3 Å². The topological polar surface area (TPSA) is 48.0 Å². The lowest BCUT2D eigenvalue weighted by Crippen LogP contribution is -2.39. The van der Waals surface area contributed by atoms with Crippen molar-refractivity contribution in [3.63, 3.8) is 0 Å². The Bertz CT molecular complexity index is 270. The molecule has 1 fully saturated rings. The van der Waals surface area contributed by atoms with Crippen molar-refractivity contribution in [1.82, 2.24) is 4.90 Å². The molecular weight excluding hydrogens is 210 g/mol. The Morgan fingerprint density at radius 2 is 2.19 bits per heavy atom. The van der Waals surface area contributed by atoms with Crippen molar-refractivity contribution < 1.29 is 19.0 Å². The quantitative estimate of drug-likeness (QED) is 0.677. The maximum absolute atomic E-state index is 11.8. The number of nitrogens with zero attached hydrogens (tertiary/aromatic N) is 1.